The lowest BCUT2D eigenvalue weighted by Gasteiger charge is -2.46. The Morgan fingerprint density at radius 3 is 1.58 bits per heavy atom. The zero-order valence-corrected chi connectivity index (χ0v) is 30.1. The Kier molecular flexibility index (Phi) is 10.9. The molecule has 7 nitrogen and oxygen atoms in total. The molecular formula is C38H64N4O3. The molecule has 0 spiro atoms. The molecule has 3 aliphatic rings. The van der Waals surface area contributed by atoms with Gasteiger partial charge in [-0.05, 0) is 121 Å². The Hall–Kier alpha value is -2.28. The first-order valence-corrected chi connectivity index (χ1v) is 17.8. The van der Waals surface area contributed by atoms with Crippen molar-refractivity contribution in [2.75, 3.05) is 0 Å². The van der Waals surface area contributed by atoms with Gasteiger partial charge in [-0.1, -0.05) is 59.7 Å². The van der Waals surface area contributed by atoms with Crippen molar-refractivity contribution >= 4 is 12.1 Å². The lowest BCUT2D eigenvalue weighted by Crippen LogP contribution is -2.63. The second-order valence-electron chi connectivity index (χ2n) is 18.0. The highest BCUT2D eigenvalue weighted by atomic mass is 16.6. The number of hydrogen-bond donors (Lipinski definition) is 4. The van der Waals surface area contributed by atoms with Crippen LogP contribution in [0.3, 0.4) is 0 Å². The highest BCUT2D eigenvalue weighted by Gasteiger charge is 2.38. The quantitative estimate of drug-likeness (QED) is 0.255. The van der Waals surface area contributed by atoms with Crippen LogP contribution in [0.15, 0.2) is 18.2 Å². The van der Waals surface area contributed by atoms with Crippen molar-refractivity contribution in [1.82, 2.24) is 21.3 Å². The summed E-state index contributed by atoms with van der Waals surface area (Å²) < 4.78 is 6.09. The van der Waals surface area contributed by atoms with Crippen LogP contribution in [0.4, 0.5) is 9.59 Å². The molecule has 3 fully saturated rings. The summed E-state index contributed by atoms with van der Waals surface area (Å²) >= 11 is 0. The van der Waals surface area contributed by atoms with E-state index >= 15 is 0 Å². The van der Waals surface area contributed by atoms with Gasteiger partial charge in [-0.3, -0.25) is 0 Å². The SMILES string of the molecule is CC1(C)CC(NC(=O)NC2CCC(CC3CCC(NC(=O)Oc4c(C(C)(C)C)cccc4C(C)(C)C)CC3)CC2)CC(C)(C)N1. The van der Waals surface area contributed by atoms with Crippen molar-refractivity contribution < 1.29 is 14.3 Å². The minimum absolute atomic E-state index is 0.00202. The van der Waals surface area contributed by atoms with E-state index in [2.05, 4.69) is 109 Å². The number of nitrogens with one attached hydrogen (secondary N) is 4. The fraction of sp³-hybridized carbons (Fsp3) is 0.789. The molecule has 1 aliphatic heterocycles. The molecule has 45 heavy (non-hydrogen) atoms. The van der Waals surface area contributed by atoms with Crippen LogP contribution in [-0.2, 0) is 10.8 Å². The third kappa shape index (κ3) is 10.4. The van der Waals surface area contributed by atoms with Gasteiger partial charge in [-0.25, -0.2) is 9.59 Å². The van der Waals surface area contributed by atoms with Gasteiger partial charge in [0.15, 0.2) is 0 Å². The zero-order valence-electron chi connectivity index (χ0n) is 30.1. The smallest absolute Gasteiger partial charge is 0.410 e. The lowest BCUT2D eigenvalue weighted by molar-refractivity contribution is 0.146. The number of benzene rings is 1. The molecule has 1 heterocycles. The van der Waals surface area contributed by atoms with E-state index in [9.17, 15) is 9.59 Å². The molecule has 0 atom stereocenters. The first-order valence-electron chi connectivity index (χ1n) is 17.8. The van der Waals surface area contributed by atoms with Crippen molar-refractivity contribution in [2.45, 2.75) is 180 Å². The molecule has 0 aromatic heterocycles. The number of carbonyl (C=O) groups is 2. The number of piperidine rings is 1. The summed E-state index contributed by atoms with van der Waals surface area (Å²) in [7, 11) is 0. The van der Waals surface area contributed by atoms with Crippen molar-refractivity contribution in [3.05, 3.63) is 29.3 Å². The van der Waals surface area contributed by atoms with Gasteiger partial charge in [-0.15, -0.1) is 0 Å². The summed E-state index contributed by atoms with van der Waals surface area (Å²) in [6, 6.07) is 6.87. The van der Waals surface area contributed by atoms with Gasteiger partial charge in [0.05, 0.1) is 0 Å². The van der Waals surface area contributed by atoms with E-state index < -0.39 is 0 Å². The van der Waals surface area contributed by atoms with Crippen LogP contribution >= 0.6 is 0 Å². The first-order chi connectivity index (χ1) is 20.8. The minimum Gasteiger partial charge on any atom is -0.410 e. The predicted octanol–water partition coefficient (Wildman–Crippen LogP) is 8.49. The van der Waals surface area contributed by atoms with Crippen LogP contribution < -0.4 is 26.0 Å². The average Bonchev–Trinajstić information content (AvgIpc) is 2.88. The topological polar surface area (TPSA) is 91.5 Å². The molecule has 2 saturated carbocycles. The number of urea groups is 1. The van der Waals surface area contributed by atoms with E-state index in [1.54, 1.807) is 0 Å². The van der Waals surface area contributed by atoms with Crippen molar-refractivity contribution in [3.63, 3.8) is 0 Å². The Morgan fingerprint density at radius 2 is 1.13 bits per heavy atom. The summed E-state index contributed by atoms with van der Waals surface area (Å²) in [6.45, 7) is 21.9. The Labute approximate surface area is 274 Å². The van der Waals surface area contributed by atoms with E-state index in [0.29, 0.717) is 5.75 Å². The van der Waals surface area contributed by atoms with Gasteiger partial charge in [0.25, 0.3) is 0 Å². The van der Waals surface area contributed by atoms with Gasteiger partial charge in [0.2, 0.25) is 0 Å². The second-order valence-corrected chi connectivity index (χ2v) is 18.0. The van der Waals surface area contributed by atoms with Crippen LogP contribution in [0, 0.1) is 11.8 Å². The van der Waals surface area contributed by atoms with Crippen LogP contribution in [0.25, 0.3) is 0 Å². The largest absolute Gasteiger partial charge is 0.412 e. The number of rotatable bonds is 6. The third-order valence-electron chi connectivity index (χ3n) is 10.4. The van der Waals surface area contributed by atoms with Gasteiger partial charge in [0.1, 0.15) is 5.75 Å². The van der Waals surface area contributed by atoms with Crippen LogP contribution in [0.2, 0.25) is 0 Å². The minimum atomic E-state index is -0.330. The molecule has 1 aromatic rings. The number of carbonyl (C=O) groups excluding carboxylic acids is 2. The highest BCUT2D eigenvalue weighted by molar-refractivity contribution is 5.74. The standard InChI is InChI=1S/C38H64N4O3/c1-35(2,3)30-12-11-13-31(36(4,5)6)32(30)45-34(44)41-28-20-16-26(17-21-28)22-25-14-18-27(19-15-25)39-33(43)40-29-23-37(7,8)42-38(9,10)24-29/h11-13,25-29,42H,14-24H2,1-10H3,(H,41,44)(H2,39,40,43). The third-order valence-corrected chi connectivity index (χ3v) is 10.4. The van der Waals surface area contributed by atoms with Gasteiger partial charge >= 0.3 is 12.1 Å². The van der Waals surface area contributed by atoms with Gasteiger partial charge in [0, 0.05) is 40.3 Å². The molecule has 7 heteroatoms. The molecule has 4 rings (SSSR count). The molecule has 0 unspecified atom stereocenters. The molecule has 0 radical (unpaired) electrons. The number of hydrogen-bond acceptors (Lipinski definition) is 4. The molecule has 254 valence electrons. The van der Waals surface area contributed by atoms with E-state index in [4.69, 9.17) is 4.74 Å². The first kappa shape index (κ1) is 35.6. The van der Waals surface area contributed by atoms with Crippen LogP contribution in [0.1, 0.15) is 151 Å². The van der Waals surface area contributed by atoms with Crippen LogP contribution in [-0.4, -0.2) is 41.3 Å². The molecular weight excluding hydrogens is 560 g/mol. The van der Waals surface area contributed by atoms with E-state index in [1.165, 1.54) is 19.3 Å². The lowest BCUT2D eigenvalue weighted by atomic mass is 9.75. The maximum atomic E-state index is 13.1. The van der Waals surface area contributed by atoms with E-state index in [0.717, 1.165) is 74.3 Å². The summed E-state index contributed by atoms with van der Waals surface area (Å²) in [5, 5.41) is 13.5. The highest BCUT2D eigenvalue weighted by Crippen LogP contribution is 2.40. The number of ether oxygens (including phenoxy) is 1. The number of amides is 3. The maximum absolute atomic E-state index is 13.1. The van der Waals surface area contributed by atoms with Crippen LogP contribution in [0.5, 0.6) is 5.75 Å². The molecule has 0 bridgehead atoms. The Morgan fingerprint density at radius 1 is 0.711 bits per heavy atom. The van der Waals surface area contributed by atoms with Gasteiger partial charge < -0.3 is 26.0 Å². The summed E-state index contributed by atoms with van der Waals surface area (Å²) in [4.78, 5) is 26.0. The summed E-state index contributed by atoms with van der Waals surface area (Å²) in [5.41, 5.74) is 1.91. The van der Waals surface area contributed by atoms with Gasteiger partial charge in [-0.2, -0.15) is 0 Å². The Balaban J connectivity index is 1.18. The van der Waals surface area contributed by atoms with Crippen molar-refractivity contribution in [1.29, 1.82) is 0 Å². The molecule has 1 saturated heterocycles. The summed E-state index contributed by atoms with van der Waals surface area (Å²) in [6.07, 6.45) is 11.7. The fourth-order valence-corrected chi connectivity index (χ4v) is 8.51. The summed E-state index contributed by atoms with van der Waals surface area (Å²) in [5.74, 6) is 2.17. The molecule has 2 aliphatic carbocycles. The maximum Gasteiger partial charge on any atom is 0.412 e. The van der Waals surface area contributed by atoms with E-state index in [1.807, 2.05) is 0 Å². The monoisotopic (exact) mass is 624 g/mol. The second kappa shape index (κ2) is 13.8. The van der Waals surface area contributed by atoms with Crippen molar-refractivity contribution in [2.24, 2.45) is 11.8 Å². The zero-order chi connectivity index (χ0) is 33.2. The Bertz CT molecular complexity index is 1110. The fourth-order valence-electron chi connectivity index (χ4n) is 8.51. The molecule has 3 amide bonds. The van der Waals surface area contributed by atoms with Crippen molar-refractivity contribution in [3.8, 4) is 5.75 Å². The number of para-hydroxylation sites is 1. The normalized spacial score (nSPS) is 27.3. The average molecular weight is 625 g/mol. The predicted molar refractivity (Wildman–Crippen MR) is 185 cm³/mol. The molecule has 4 N–H and O–H groups in total. The molecule has 1 aromatic carbocycles. The van der Waals surface area contributed by atoms with E-state index in [-0.39, 0.29) is 52.2 Å².